The maximum atomic E-state index is 13.1. The normalized spacial score (nSPS) is 13.8. The molecule has 0 radical (unpaired) electrons. The molecule has 1 aliphatic rings. The van der Waals surface area contributed by atoms with Gasteiger partial charge in [-0.05, 0) is 31.4 Å². The molecule has 1 aliphatic heterocycles. The van der Waals surface area contributed by atoms with Crippen molar-refractivity contribution in [2.45, 2.75) is 25.7 Å². The number of piperidine rings is 1. The van der Waals surface area contributed by atoms with Crippen LogP contribution in [-0.2, 0) is 6.42 Å². The average Bonchev–Trinajstić information content (AvgIpc) is 2.80. The van der Waals surface area contributed by atoms with Crippen LogP contribution in [0.1, 0.15) is 35.4 Å². The van der Waals surface area contributed by atoms with E-state index in [2.05, 4.69) is 24.8 Å². The predicted octanol–water partition coefficient (Wildman–Crippen LogP) is 2.23. The van der Waals surface area contributed by atoms with Gasteiger partial charge in [-0.3, -0.25) is 4.79 Å². The second-order valence-corrected chi connectivity index (χ2v) is 7.39. The number of nitrogens with zero attached hydrogens (tertiary/aromatic N) is 4. The van der Waals surface area contributed by atoms with Gasteiger partial charge in [0.05, 0.1) is 43.0 Å². The van der Waals surface area contributed by atoms with Crippen molar-refractivity contribution in [2.75, 3.05) is 30.8 Å². The van der Waals surface area contributed by atoms with Crippen molar-refractivity contribution >= 4 is 17.3 Å². The van der Waals surface area contributed by atoms with Crippen molar-refractivity contribution in [1.29, 1.82) is 0 Å². The van der Waals surface area contributed by atoms with Crippen molar-refractivity contribution in [1.82, 2.24) is 19.9 Å². The smallest absolute Gasteiger partial charge is 0.345 e. The molecule has 0 saturated carbocycles. The number of H-pyrrole nitrogens is 1. The summed E-state index contributed by atoms with van der Waals surface area (Å²) in [7, 11) is 1.57. The van der Waals surface area contributed by atoms with Crippen LogP contribution in [0, 0.1) is 0 Å². The molecular weight excluding hydrogens is 396 g/mol. The molecule has 0 aliphatic carbocycles. The molecule has 1 saturated heterocycles. The van der Waals surface area contributed by atoms with Gasteiger partial charge in [0.1, 0.15) is 11.4 Å². The number of para-hydroxylation sites is 1. The van der Waals surface area contributed by atoms with Crippen molar-refractivity contribution in [3.8, 4) is 17.0 Å². The minimum atomic E-state index is -0.495. The van der Waals surface area contributed by atoms with Crippen molar-refractivity contribution < 1.29 is 9.53 Å². The summed E-state index contributed by atoms with van der Waals surface area (Å²) in [6.07, 6.45) is 6.28. The fourth-order valence-electron chi connectivity index (χ4n) is 3.80. The summed E-state index contributed by atoms with van der Waals surface area (Å²) < 4.78 is 5.39. The van der Waals surface area contributed by atoms with Crippen LogP contribution in [0.5, 0.6) is 5.75 Å². The summed E-state index contributed by atoms with van der Waals surface area (Å²) in [5.41, 5.74) is 8.01. The number of hydrogen-bond acceptors (Lipinski definition) is 8. The molecule has 0 atom stereocenters. The Balaban J connectivity index is 1.67. The van der Waals surface area contributed by atoms with Crippen LogP contribution < -0.4 is 21.1 Å². The molecule has 31 heavy (non-hydrogen) atoms. The van der Waals surface area contributed by atoms with Crippen LogP contribution in [0.15, 0.2) is 41.5 Å². The zero-order chi connectivity index (χ0) is 21.8. The summed E-state index contributed by atoms with van der Waals surface area (Å²) >= 11 is 0. The van der Waals surface area contributed by atoms with Gasteiger partial charge in [0.15, 0.2) is 11.6 Å². The number of ketones is 1. The van der Waals surface area contributed by atoms with E-state index in [0.29, 0.717) is 22.7 Å². The quantitative estimate of drug-likeness (QED) is 0.581. The van der Waals surface area contributed by atoms with E-state index >= 15 is 0 Å². The molecule has 0 amide bonds. The number of rotatable bonds is 6. The fraction of sp³-hybridized carbons (Fsp3) is 0.318. The molecule has 1 fully saturated rings. The number of benzene rings is 1. The number of ether oxygens (including phenoxy) is 1. The van der Waals surface area contributed by atoms with E-state index in [-0.39, 0.29) is 23.7 Å². The molecule has 0 bridgehead atoms. The highest BCUT2D eigenvalue weighted by molar-refractivity contribution is 6.00. The lowest BCUT2D eigenvalue weighted by molar-refractivity contribution is 0.0988. The summed E-state index contributed by atoms with van der Waals surface area (Å²) in [4.78, 5) is 42.4. The third-order valence-electron chi connectivity index (χ3n) is 5.35. The molecular formula is C22H24N6O3. The van der Waals surface area contributed by atoms with E-state index in [1.165, 1.54) is 18.8 Å². The van der Waals surface area contributed by atoms with Gasteiger partial charge in [-0.1, -0.05) is 12.1 Å². The SMILES string of the molecule is COc1ccccc1-c1cnc(N)c(C(=O)Cc2[nH]c(=O)ncc2N2CCCCC2)n1. The number of Topliss-reactive ketones (excluding diaryl/α,β-unsaturated/α-hetero) is 1. The maximum Gasteiger partial charge on any atom is 0.345 e. The second-order valence-electron chi connectivity index (χ2n) is 7.39. The number of methoxy groups -OCH3 is 1. The van der Waals surface area contributed by atoms with E-state index in [4.69, 9.17) is 10.5 Å². The van der Waals surface area contributed by atoms with Crippen LogP contribution in [0.2, 0.25) is 0 Å². The number of hydrogen-bond donors (Lipinski definition) is 2. The van der Waals surface area contributed by atoms with Crippen LogP contribution in [0.3, 0.4) is 0 Å². The van der Waals surface area contributed by atoms with Crippen LogP contribution in [-0.4, -0.2) is 45.9 Å². The molecule has 2 aromatic heterocycles. The van der Waals surface area contributed by atoms with Gasteiger partial charge in [0, 0.05) is 18.7 Å². The Bertz CT molecular complexity index is 1150. The number of aromatic nitrogens is 4. The van der Waals surface area contributed by atoms with E-state index in [1.54, 1.807) is 7.11 Å². The largest absolute Gasteiger partial charge is 0.496 e. The zero-order valence-corrected chi connectivity index (χ0v) is 17.3. The van der Waals surface area contributed by atoms with Crippen LogP contribution in [0.4, 0.5) is 11.5 Å². The number of nitrogen functional groups attached to an aromatic ring is 1. The first-order chi connectivity index (χ1) is 15.1. The van der Waals surface area contributed by atoms with Gasteiger partial charge in [-0.15, -0.1) is 0 Å². The highest BCUT2D eigenvalue weighted by Gasteiger charge is 2.21. The van der Waals surface area contributed by atoms with Crippen molar-refractivity contribution in [2.24, 2.45) is 0 Å². The van der Waals surface area contributed by atoms with E-state index < -0.39 is 5.69 Å². The molecule has 9 heteroatoms. The van der Waals surface area contributed by atoms with E-state index in [9.17, 15) is 9.59 Å². The van der Waals surface area contributed by atoms with Crippen LogP contribution >= 0.6 is 0 Å². The first kappa shape index (κ1) is 20.5. The molecule has 3 N–H and O–H groups in total. The van der Waals surface area contributed by atoms with Crippen LogP contribution in [0.25, 0.3) is 11.3 Å². The van der Waals surface area contributed by atoms with Gasteiger partial charge < -0.3 is 20.4 Å². The Morgan fingerprint density at radius 1 is 1.16 bits per heavy atom. The Hall–Kier alpha value is -3.75. The summed E-state index contributed by atoms with van der Waals surface area (Å²) in [6, 6.07) is 7.34. The molecule has 0 spiro atoms. The topological polar surface area (TPSA) is 127 Å². The molecule has 1 aromatic carbocycles. The van der Waals surface area contributed by atoms with Gasteiger partial charge in [0.2, 0.25) is 0 Å². The van der Waals surface area contributed by atoms with Crippen molar-refractivity contribution in [3.05, 3.63) is 58.5 Å². The lowest BCUT2D eigenvalue weighted by Crippen LogP contribution is -2.32. The summed E-state index contributed by atoms with van der Waals surface area (Å²) in [5, 5.41) is 0. The van der Waals surface area contributed by atoms with E-state index in [1.807, 2.05) is 24.3 Å². The first-order valence-corrected chi connectivity index (χ1v) is 10.2. The first-order valence-electron chi connectivity index (χ1n) is 10.2. The van der Waals surface area contributed by atoms with Gasteiger partial charge in [0.25, 0.3) is 0 Å². The third kappa shape index (κ3) is 4.40. The Morgan fingerprint density at radius 3 is 2.71 bits per heavy atom. The third-order valence-corrected chi connectivity index (χ3v) is 5.35. The van der Waals surface area contributed by atoms with Crippen molar-refractivity contribution in [3.63, 3.8) is 0 Å². The lowest BCUT2D eigenvalue weighted by Gasteiger charge is -2.29. The number of anilines is 2. The van der Waals surface area contributed by atoms with Gasteiger partial charge in [-0.2, -0.15) is 4.98 Å². The zero-order valence-electron chi connectivity index (χ0n) is 17.3. The van der Waals surface area contributed by atoms with Gasteiger partial charge in [-0.25, -0.2) is 14.8 Å². The fourth-order valence-corrected chi connectivity index (χ4v) is 3.80. The molecule has 4 rings (SSSR count). The Morgan fingerprint density at radius 2 is 1.94 bits per heavy atom. The lowest BCUT2D eigenvalue weighted by atomic mass is 10.1. The monoisotopic (exact) mass is 420 g/mol. The predicted molar refractivity (Wildman–Crippen MR) is 117 cm³/mol. The maximum absolute atomic E-state index is 13.1. The minimum absolute atomic E-state index is 0.0413. The molecule has 3 heterocycles. The Labute approximate surface area is 179 Å². The number of nitrogens with one attached hydrogen (secondary N) is 1. The molecule has 160 valence electrons. The number of aromatic amines is 1. The molecule has 0 unspecified atom stereocenters. The standard InChI is InChI=1S/C22H24N6O3/c1-31-19-8-4-3-7-14(19)16-12-24-21(23)20(26-16)18(29)11-15-17(13-25-22(30)27-15)28-9-5-2-6-10-28/h3-4,7-8,12-13H,2,5-6,9-11H2,1H3,(H2,23,24)(H,25,27,30). The summed E-state index contributed by atoms with van der Waals surface area (Å²) in [5.74, 6) is 0.326. The second kappa shape index (κ2) is 8.95. The minimum Gasteiger partial charge on any atom is -0.496 e. The highest BCUT2D eigenvalue weighted by atomic mass is 16.5. The molecule has 3 aromatic rings. The van der Waals surface area contributed by atoms with Gasteiger partial charge >= 0.3 is 5.69 Å². The number of carbonyl (C=O) groups excluding carboxylic acids is 1. The average molecular weight is 420 g/mol. The summed E-state index contributed by atoms with van der Waals surface area (Å²) in [6.45, 7) is 1.72. The van der Waals surface area contributed by atoms with E-state index in [0.717, 1.165) is 31.6 Å². The number of carbonyl (C=O) groups is 1. The molecule has 9 nitrogen and oxygen atoms in total. The number of nitrogens with two attached hydrogens (primary N) is 1. The highest BCUT2D eigenvalue weighted by Crippen LogP contribution is 2.29. The Kier molecular flexibility index (Phi) is 5.92.